The molecule has 0 spiro atoms. The minimum Gasteiger partial charge on any atom is -0.308 e. The van der Waals surface area contributed by atoms with Crippen LogP contribution in [0.3, 0.4) is 0 Å². The van der Waals surface area contributed by atoms with Gasteiger partial charge < -0.3 is 4.90 Å². The van der Waals surface area contributed by atoms with Crippen LogP contribution in [0.1, 0.15) is 5.56 Å². The summed E-state index contributed by atoms with van der Waals surface area (Å²) in [6.07, 6.45) is 0.699. The second kappa shape index (κ2) is 6.30. The lowest BCUT2D eigenvalue weighted by atomic mass is 10.1. The second-order valence-corrected chi connectivity index (χ2v) is 5.02. The zero-order valence-electron chi connectivity index (χ0n) is 9.50. The van der Waals surface area contributed by atoms with Gasteiger partial charge in [-0.15, -0.1) is 0 Å². The third-order valence-corrected chi connectivity index (χ3v) is 2.68. The second-order valence-electron chi connectivity index (χ2n) is 4.11. The first kappa shape index (κ1) is 13.6. The number of nitrogens with one attached hydrogen (secondary N) is 1. The maximum absolute atomic E-state index is 13.2. The average Bonchev–Trinajstić information content (AvgIpc) is 2.14. The Labute approximate surface area is 104 Å². The average molecular weight is 290 g/mol. The third kappa shape index (κ3) is 4.57. The predicted octanol–water partition coefficient (Wildman–Crippen LogP) is 1.52. The van der Waals surface area contributed by atoms with E-state index in [9.17, 15) is 4.39 Å². The van der Waals surface area contributed by atoms with Gasteiger partial charge in [0.05, 0.1) is 0 Å². The van der Waals surface area contributed by atoms with Crippen LogP contribution in [0.4, 0.5) is 4.39 Å². The maximum atomic E-state index is 13.2. The topological polar surface area (TPSA) is 41.3 Å². The summed E-state index contributed by atoms with van der Waals surface area (Å²) in [6.45, 7) is 0.810. The zero-order valence-corrected chi connectivity index (χ0v) is 11.1. The molecule has 0 aliphatic carbocycles. The van der Waals surface area contributed by atoms with Crippen molar-refractivity contribution >= 4 is 15.9 Å². The molecular weight excluding hydrogens is 273 g/mol. The van der Waals surface area contributed by atoms with Gasteiger partial charge in [0.1, 0.15) is 5.82 Å². The summed E-state index contributed by atoms with van der Waals surface area (Å²) >= 11 is 3.27. The molecule has 0 amide bonds. The summed E-state index contributed by atoms with van der Waals surface area (Å²) in [5, 5.41) is 0. The van der Waals surface area contributed by atoms with Gasteiger partial charge in [-0.05, 0) is 44.3 Å². The summed E-state index contributed by atoms with van der Waals surface area (Å²) in [4.78, 5) is 2.04. The van der Waals surface area contributed by atoms with Crippen LogP contribution >= 0.6 is 15.9 Å². The van der Waals surface area contributed by atoms with Crippen molar-refractivity contribution in [1.29, 1.82) is 0 Å². The van der Waals surface area contributed by atoms with E-state index in [0.717, 1.165) is 16.6 Å². The van der Waals surface area contributed by atoms with Gasteiger partial charge in [0.2, 0.25) is 0 Å². The molecule has 0 aromatic heterocycles. The van der Waals surface area contributed by atoms with Gasteiger partial charge in [0.25, 0.3) is 0 Å². The molecule has 0 aliphatic rings. The fourth-order valence-electron chi connectivity index (χ4n) is 1.63. The van der Waals surface area contributed by atoms with Crippen LogP contribution in [0, 0.1) is 5.82 Å². The summed E-state index contributed by atoms with van der Waals surface area (Å²) in [6, 6.07) is 5.00. The van der Waals surface area contributed by atoms with Crippen LogP contribution in [0.5, 0.6) is 0 Å². The monoisotopic (exact) mass is 289 g/mol. The molecule has 1 unspecified atom stereocenters. The molecule has 1 atom stereocenters. The quantitative estimate of drug-likeness (QED) is 0.638. The summed E-state index contributed by atoms with van der Waals surface area (Å²) in [5.74, 6) is 5.23. The molecule has 0 radical (unpaired) electrons. The molecule has 0 heterocycles. The molecule has 0 saturated carbocycles. The number of nitrogens with zero attached hydrogens (tertiary/aromatic N) is 1. The van der Waals surface area contributed by atoms with Gasteiger partial charge in [-0.1, -0.05) is 15.9 Å². The van der Waals surface area contributed by atoms with Crippen molar-refractivity contribution in [2.24, 2.45) is 5.84 Å². The van der Waals surface area contributed by atoms with Gasteiger partial charge in [-0.3, -0.25) is 11.3 Å². The lowest BCUT2D eigenvalue weighted by Crippen LogP contribution is -2.43. The minimum atomic E-state index is -0.231. The smallest absolute Gasteiger partial charge is 0.124 e. The van der Waals surface area contributed by atoms with E-state index in [1.54, 1.807) is 0 Å². The van der Waals surface area contributed by atoms with E-state index >= 15 is 0 Å². The van der Waals surface area contributed by atoms with Gasteiger partial charge in [-0.25, -0.2) is 4.39 Å². The van der Waals surface area contributed by atoms with E-state index in [0.29, 0.717) is 6.42 Å². The number of hydrogen-bond donors (Lipinski definition) is 2. The molecule has 1 aromatic carbocycles. The molecular formula is C11H17BrFN3. The number of rotatable bonds is 5. The number of nitrogens with two attached hydrogens (primary N) is 1. The molecule has 3 N–H and O–H groups in total. The van der Waals surface area contributed by atoms with Crippen LogP contribution in [-0.2, 0) is 6.42 Å². The largest absolute Gasteiger partial charge is 0.308 e. The molecule has 90 valence electrons. The molecule has 3 nitrogen and oxygen atoms in total. The van der Waals surface area contributed by atoms with E-state index in [2.05, 4.69) is 21.4 Å². The van der Waals surface area contributed by atoms with E-state index in [1.807, 2.05) is 25.1 Å². The lowest BCUT2D eigenvalue weighted by Gasteiger charge is -2.20. The fourth-order valence-corrected chi connectivity index (χ4v) is 2.14. The Morgan fingerprint density at radius 1 is 1.44 bits per heavy atom. The lowest BCUT2D eigenvalue weighted by molar-refractivity contribution is 0.338. The van der Waals surface area contributed by atoms with Gasteiger partial charge >= 0.3 is 0 Å². The van der Waals surface area contributed by atoms with Crippen molar-refractivity contribution in [3.8, 4) is 0 Å². The number of hydrazine groups is 1. The van der Waals surface area contributed by atoms with E-state index < -0.39 is 0 Å². The highest BCUT2D eigenvalue weighted by Crippen LogP contribution is 2.16. The highest BCUT2D eigenvalue weighted by atomic mass is 79.9. The maximum Gasteiger partial charge on any atom is 0.124 e. The first-order valence-electron chi connectivity index (χ1n) is 5.07. The highest BCUT2D eigenvalue weighted by molar-refractivity contribution is 9.10. The van der Waals surface area contributed by atoms with Crippen molar-refractivity contribution in [2.75, 3.05) is 20.6 Å². The van der Waals surface area contributed by atoms with Crippen molar-refractivity contribution in [3.05, 3.63) is 34.1 Å². The Morgan fingerprint density at radius 2 is 2.12 bits per heavy atom. The standard InChI is InChI=1S/C11H17BrFN3/c1-16(2)7-11(15-14)5-8-3-9(12)6-10(13)4-8/h3-4,6,11,15H,5,7,14H2,1-2H3. The molecule has 1 rings (SSSR count). The van der Waals surface area contributed by atoms with E-state index in [-0.39, 0.29) is 11.9 Å². The third-order valence-electron chi connectivity index (χ3n) is 2.23. The van der Waals surface area contributed by atoms with E-state index in [4.69, 9.17) is 5.84 Å². The summed E-state index contributed by atoms with van der Waals surface area (Å²) < 4.78 is 13.9. The highest BCUT2D eigenvalue weighted by Gasteiger charge is 2.10. The first-order chi connectivity index (χ1) is 7.51. The summed E-state index contributed by atoms with van der Waals surface area (Å²) in [5.41, 5.74) is 3.67. The van der Waals surface area contributed by atoms with Crippen molar-refractivity contribution in [2.45, 2.75) is 12.5 Å². The Kier molecular flexibility index (Phi) is 5.34. The van der Waals surface area contributed by atoms with Crippen LogP contribution in [0.25, 0.3) is 0 Å². The number of benzene rings is 1. The summed E-state index contributed by atoms with van der Waals surface area (Å²) in [7, 11) is 3.96. The molecule has 0 fully saturated rings. The van der Waals surface area contributed by atoms with Crippen LogP contribution in [0.15, 0.2) is 22.7 Å². The van der Waals surface area contributed by atoms with Gasteiger partial charge in [0, 0.05) is 17.1 Å². The van der Waals surface area contributed by atoms with Crippen molar-refractivity contribution in [3.63, 3.8) is 0 Å². The molecule has 0 bridgehead atoms. The van der Waals surface area contributed by atoms with Crippen LogP contribution in [-0.4, -0.2) is 31.6 Å². The number of halogens is 2. The predicted molar refractivity (Wildman–Crippen MR) is 67.5 cm³/mol. The van der Waals surface area contributed by atoms with Gasteiger partial charge in [0.15, 0.2) is 0 Å². The van der Waals surface area contributed by atoms with Crippen molar-refractivity contribution < 1.29 is 4.39 Å². The first-order valence-corrected chi connectivity index (χ1v) is 5.86. The Hall–Kier alpha value is -0.490. The molecule has 16 heavy (non-hydrogen) atoms. The number of likely N-dealkylation sites (N-methyl/N-ethyl adjacent to an activating group) is 1. The Morgan fingerprint density at radius 3 is 2.62 bits per heavy atom. The normalized spacial score (nSPS) is 13.1. The SMILES string of the molecule is CN(C)CC(Cc1cc(F)cc(Br)c1)NN. The molecule has 1 aromatic rings. The fraction of sp³-hybridized carbons (Fsp3) is 0.455. The van der Waals surface area contributed by atoms with Crippen LogP contribution < -0.4 is 11.3 Å². The number of hydrogen-bond acceptors (Lipinski definition) is 3. The minimum absolute atomic E-state index is 0.115. The molecule has 0 saturated heterocycles. The Bertz CT molecular complexity index is 324. The van der Waals surface area contributed by atoms with E-state index in [1.165, 1.54) is 12.1 Å². The van der Waals surface area contributed by atoms with Crippen LogP contribution in [0.2, 0.25) is 0 Å². The Balaban J connectivity index is 2.69. The van der Waals surface area contributed by atoms with Gasteiger partial charge in [-0.2, -0.15) is 0 Å². The molecule has 5 heteroatoms. The molecule has 0 aliphatic heterocycles. The zero-order chi connectivity index (χ0) is 12.1. The van der Waals surface area contributed by atoms with Crippen molar-refractivity contribution in [1.82, 2.24) is 10.3 Å².